The highest BCUT2D eigenvalue weighted by molar-refractivity contribution is 6.04. The van der Waals surface area contributed by atoms with Crippen LogP contribution in [-0.4, -0.2) is 40.3 Å². The highest BCUT2D eigenvalue weighted by Gasteiger charge is 2.29. The van der Waals surface area contributed by atoms with E-state index in [1.807, 2.05) is 4.90 Å². The van der Waals surface area contributed by atoms with Crippen LogP contribution in [0.25, 0.3) is 0 Å². The number of nitro benzene ring substituents is 1. The molecule has 2 aromatic carbocycles. The van der Waals surface area contributed by atoms with Crippen molar-refractivity contribution < 1.29 is 19.2 Å². The lowest BCUT2D eigenvalue weighted by Crippen LogP contribution is -2.49. The normalized spacial score (nSPS) is 18.4. The summed E-state index contributed by atoms with van der Waals surface area (Å²) in [6.07, 6.45) is 3.14. The van der Waals surface area contributed by atoms with Gasteiger partial charge in [0.1, 0.15) is 5.75 Å². The average Bonchev–Trinajstić information content (AvgIpc) is 2.73. The van der Waals surface area contributed by atoms with Crippen LogP contribution in [0.3, 0.4) is 0 Å². The molecule has 2 amide bonds. The van der Waals surface area contributed by atoms with Crippen LogP contribution in [0.5, 0.6) is 5.75 Å². The molecule has 1 aliphatic rings. The number of nitrogens with zero attached hydrogens (tertiary/aromatic N) is 2. The van der Waals surface area contributed by atoms with Crippen LogP contribution in [0.15, 0.2) is 42.5 Å². The van der Waals surface area contributed by atoms with Gasteiger partial charge in [0.2, 0.25) is 0 Å². The highest BCUT2D eigenvalue weighted by Crippen LogP contribution is 2.26. The first kappa shape index (κ1) is 22.3. The van der Waals surface area contributed by atoms with Gasteiger partial charge in [0.25, 0.3) is 17.5 Å². The number of anilines is 1. The lowest BCUT2D eigenvalue weighted by molar-refractivity contribution is -0.385. The fraction of sp³-hybridized carbons (Fsp3) is 0.391. The number of nitro groups is 1. The smallest absolute Gasteiger partial charge is 0.274 e. The van der Waals surface area contributed by atoms with Gasteiger partial charge in [-0.1, -0.05) is 6.07 Å². The Morgan fingerprint density at radius 2 is 1.77 bits per heavy atom. The van der Waals surface area contributed by atoms with Gasteiger partial charge in [0, 0.05) is 23.7 Å². The van der Waals surface area contributed by atoms with Gasteiger partial charge in [0.15, 0.2) is 6.61 Å². The molecule has 2 unspecified atom stereocenters. The van der Waals surface area contributed by atoms with Gasteiger partial charge in [0.05, 0.1) is 16.2 Å². The SMILES string of the molecule is Cc1c(NC(=O)c2ccc(OCC(=O)N3C(C)CCCC3C)cc2)cccc1[N+](=O)[O-]. The van der Waals surface area contributed by atoms with Crippen LogP contribution < -0.4 is 10.1 Å². The fourth-order valence-electron chi connectivity index (χ4n) is 3.99. The fourth-order valence-corrected chi connectivity index (χ4v) is 3.99. The molecule has 8 heteroatoms. The predicted octanol–water partition coefficient (Wildman–Crippen LogP) is 4.32. The van der Waals surface area contributed by atoms with Crippen molar-refractivity contribution in [1.82, 2.24) is 4.90 Å². The van der Waals surface area contributed by atoms with Crippen LogP contribution in [0, 0.1) is 17.0 Å². The van der Waals surface area contributed by atoms with Crippen molar-refractivity contribution in [3.8, 4) is 5.75 Å². The van der Waals surface area contributed by atoms with Gasteiger partial charge >= 0.3 is 0 Å². The number of rotatable bonds is 6. The topological polar surface area (TPSA) is 102 Å². The van der Waals surface area contributed by atoms with E-state index in [2.05, 4.69) is 19.2 Å². The average molecular weight is 425 g/mol. The maximum Gasteiger partial charge on any atom is 0.274 e. The lowest BCUT2D eigenvalue weighted by atomic mass is 9.97. The van der Waals surface area contributed by atoms with Crippen molar-refractivity contribution >= 4 is 23.2 Å². The first-order chi connectivity index (χ1) is 14.8. The predicted molar refractivity (Wildman–Crippen MR) is 117 cm³/mol. The number of nitrogens with one attached hydrogen (secondary N) is 1. The van der Waals surface area contributed by atoms with Gasteiger partial charge in [-0.2, -0.15) is 0 Å². The number of carbonyl (C=O) groups excluding carboxylic acids is 2. The van der Waals surface area contributed by atoms with Gasteiger partial charge in [-0.05, 0) is 70.4 Å². The maximum atomic E-state index is 12.6. The summed E-state index contributed by atoms with van der Waals surface area (Å²) in [5.74, 6) is 0.0682. The Morgan fingerprint density at radius 1 is 1.13 bits per heavy atom. The minimum absolute atomic E-state index is 0.0392. The Hall–Kier alpha value is -3.42. The molecule has 2 aromatic rings. The Labute approximate surface area is 181 Å². The van der Waals surface area contributed by atoms with E-state index in [-0.39, 0.29) is 36.2 Å². The van der Waals surface area contributed by atoms with E-state index < -0.39 is 4.92 Å². The van der Waals surface area contributed by atoms with E-state index in [4.69, 9.17) is 4.74 Å². The van der Waals surface area contributed by atoms with Gasteiger partial charge in [-0.25, -0.2) is 0 Å². The molecular formula is C23H27N3O5. The molecule has 8 nitrogen and oxygen atoms in total. The Bertz CT molecular complexity index is 964. The number of hydrogen-bond acceptors (Lipinski definition) is 5. The van der Waals surface area contributed by atoms with Crippen molar-refractivity contribution in [2.24, 2.45) is 0 Å². The molecule has 0 aliphatic carbocycles. The second-order valence-corrected chi connectivity index (χ2v) is 7.90. The van der Waals surface area contributed by atoms with E-state index in [0.717, 1.165) is 19.3 Å². The molecule has 164 valence electrons. The minimum Gasteiger partial charge on any atom is -0.484 e. The van der Waals surface area contributed by atoms with E-state index >= 15 is 0 Å². The molecule has 2 atom stereocenters. The summed E-state index contributed by atoms with van der Waals surface area (Å²) >= 11 is 0. The van der Waals surface area contributed by atoms with Crippen molar-refractivity contribution in [1.29, 1.82) is 0 Å². The molecule has 1 fully saturated rings. The molecule has 0 radical (unpaired) electrons. The summed E-state index contributed by atoms with van der Waals surface area (Å²) in [6, 6.07) is 11.4. The summed E-state index contributed by atoms with van der Waals surface area (Å²) < 4.78 is 5.63. The highest BCUT2D eigenvalue weighted by atomic mass is 16.6. The van der Waals surface area contributed by atoms with E-state index in [1.165, 1.54) is 12.1 Å². The number of piperidine rings is 1. The molecule has 3 rings (SSSR count). The minimum atomic E-state index is -0.482. The number of ether oxygens (including phenoxy) is 1. The van der Waals surface area contributed by atoms with Crippen molar-refractivity contribution in [3.05, 3.63) is 63.7 Å². The van der Waals surface area contributed by atoms with Crippen molar-refractivity contribution in [3.63, 3.8) is 0 Å². The first-order valence-corrected chi connectivity index (χ1v) is 10.4. The second kappa shape index (κ2) is 9.59. The monoisotopic (exact) mass is 425 g/mol. The van der Waals surface area contributed by atoms with Crippen LogP contribution in [0.4, 0.5) is 11.4 Å². The quantitative estimate of drug-likeness (QED) is 0.548. The summed E-state index contributed by atoms with van der Waals surface area (Å²) in [7, 11) is 0. The number of carbonyl (C=O) groups is 2. The van der Waals surface area contributed by atoms with Crippen LogP contribution in [-0.2, 0) is 4.79 Å². The number of hydrogen-bond donors (Lipinski definition) is 1. The molecule has 1 aliphatic heterocycles. The molecule has 1 saturated heterocycles. The van der Waals surface area contributed by atoms with E-state index in [0.29, 0.717) is 22.6 Å². The zero-order valence-corrected chi connectivity index (χ0v) is 18.0. The molecule has 0 saturated carbocycles. The third-order valence-electron chi connectivity index (χ3n) is 5.71. The van der Waals surface area contributed by atoms with Gasteiger partial charge in [-0.3, -0.25) is 19.7 Å². The second-order valence-electron chi connectivity index (χ2n) is 7.90. The zero-order valence-electron chi connectivity index (χ0n) is 18.0. The van der Waals surface area contributed by atoms with Crippen LogP contribution in [0.2, 0.25) is 0 Å². The van der Waals surface area contributed by atoms with E-state index in [9.17, 15) is 19.7 Å². The molecule has 31 heavy (non-hydrogen) atoms. The number of amides is 2. The van der Waals surface area contributed by atoms with Gasteiger partial charge < -0.3 is 15.0 Å². The Kier molecular flexibility index (Phi) is 6.89. The maximum absolute atomic E-state index is 12.6. The largest absolute Gasteiger partial charge is 0.484 e. The molecule has 0 bridgehead atoms. The summed E-state index contributed by atoms with van der Waals surface area (Å²) in [5.41, 5.74) is 1.10. The third-order valence-corrected chi connectivity index (χ3v) is 5.71. The standard InChI is InChI=1S/C23H27N3O5/c1-15-6-4-7-16(2)25(15)22(27)14-31-19-12-10-18(11-13-19)23(28)24-20-8-5-9-21(17(20)3)26(29)30/h5,8-13,15-16H,4,6-7,14H2,1-3H3,(H,24,28). The number of benzene rings is 2. The summed E-state index contributed by atoms with van der Waals surface area (Å²) in [4.78, 5) is 37.6. The Balaban J connectivity index is 1.60. The molecule has 0 aromatic heterocycles. The van der Waals surface area contributed by atoms with Crippen molar-refractivity contribution in [2.75, 3.05) is 11.9 Å². The van der Waals surface area contributed by atoms with Crippen molar-refractivity contribution in [2.45, 2.75) is 52.1 Å². The molecule has 0 spiro atoms. The van der Waals surface area contributed by atoms with Crippen LogP contribution in [0.1, 0.15) is 49.0 Å². The number of likely N-dealkylation sites (tertiary alicyclic amines) is 1. The first-order valence-electron chi connectivity index (χ1n) is 10.4. The van der Waals surface area contributed by atoms with E-state index in [1.54, 1.807) is 37.3 Å². The molecular weight excluding hydrogens is 398 g/mol. The summed E-state index contributed by atoms with van der Waals surface area (Å²) in [5, 5.41) is 13.8. The zero-order chi connectivity index (χ0) is 22.5. The Morgan fingerprint density at radius 3 is 2.39 bits per heavy atom. The lowest BCUT2D eigenvalue weighted by Gasteiger charge is -2.38. The molecule has 1 N–H and O–H groups in total. The van der Waals surface area contributed by atoms with Crippen LogP contribution >= 0.6 is 0 Å². The summed E-state index contributed by atoms with van der Waals surface area (Å²) in [6.45, 7) is 5.66. The molecule has 1 heterocycles. The van der Waals surface area contributed by atoms with Gasteiger partial charge in [-0.15, -0.1) is 0 Å². The third kappa shape index (κ3) is 5.20.